The molecule has 0 aromatic heterocycles. The summed E-state index contributed by atoms with van der Waals surface area (Å²) < 4.78 is 17.9. The van der Waals surface area contributed by atoms with Crippen LogP contribution in [0.3, 0.4) is 0 Å². The van der Waals surface area contributed by atoms with Gasteiger partial charge in [0.05, 0.1) is 12.1 Å². The van der Waals surface area contributed by atoms with Crippen molar-refractivity contribution in [2.24, 2.45) is 11.8 Å². The summed E-state index contributed by atoms with van der Waals surface area (Å²) in [7, 11) is 3.74. The molecular weight excluding hydrogens is 446 g/mol. The van der Waals surface area contributed by atoms with Gasteiger partial charge in [-0.3, -0.25) is 9.80 Å². The standard InChI is InChI=1S/C27H51N3O5/c1-18(2)21(28-24(31)33-19(3)29(9)10)17-23-22(16-20-14-12-11-13-15-20)30(27(7,8)34-23)25(32)35-26(4,5)6/h18-23H,11-17H2,1-10H3,(H,28,31)/t19-,21?,22?,23?/m0/s1. The Kier molecular flexibility index (Phi) is 10.3. The topological polar surface area (TPSA) is 80.3 Å². The molecule has 8 heteroatoms. The number of hydrogen-bond acceptors (Lipinski definition) is 6. The Hall–Kier alpha value is -1.54. The lowest BCUT2D eigenvalue weighted by Gasteiger charge is -2.37. The fourth-order valence-corrected chi connectivity index (χ4v) is 5.16. The zero-order valence-electron chi connectivity index (χ0n) is 23.8. The van der Waals surface area contributed by atoms with Crippen LogP contribution in [0.25, 0.3) is 0 Å². The molecule has 0 spiro atoms. The molecule has 2 aliphatic rings. The largest absolute Gasteiger partial charge is 0.444 e. The van der Waals surface area contributed by atoms with Gasteiger partial charge < -0.3 is 19.5 Å². The molecule has 3 unspecified atom stereocenters. The highest BCUT2D eigenvalue weighted by Crippen LogP contribution is 2.41. The molecule has 0 aromatic rings. The number of hydrogen-bond donors (Lipinski definition) is 1. The van der Waals surface area contributed by atoms with Crippen LogP contribution >= 0.6 is 0 Å². The van der Waals surface area contributed by atoms with E-state index in [-0.39, 0.29) is 36.4 Å². The maximum Gasteiger partial charge on any atom is 0.412 e. The van der Waals surface area contributed by atoms with E-state index in [9.17, 15) is 9.59 Å². The van der Waals surface area contributed by atoms with Crippen molar-refractivity contribution in [3.05, 3.63) is 0 Å². The molecule has 1 N–H and O–H groups in total. The van der Waals surface area contributed by atoms with Gasteiger partial charge in [-0.25, -0.2) is 9.59 Å². The van der Waals surface area contributed by atoms with Crippen molar-refractivity contribution in [3.63, 3.8) is 0 Å². The van der Waals surface area contributed by atoms with Gasteiger partial charge in [-0.1, -0.05) is 46.0 Å². The van der Waals surface area contributed by atoms with Crippen LogP contribution in [0.1, 0.15) is 100 Å². The minimum atomic E-state index is -0.798. The Morgan fingerprint density at radius 2 is 1.71 bits per heavy atom. The zero-order chi connectivity index (χ0) is 26.6. The maximum atomic E-state index is 13.4. The number of nitrogens with zero attached hydrogens (tertiary/aromatic N) is 2. The lowest BCUT2D eigenvalue weighted by Crippen LogP contribution is -2.51. The third kappa shape index (κ3) is 8.81. The van der Waals surface area contributed by atoms with Crippen LogP contribution in [0, 0.1) is 11.8 Å². The summed E-state index contributed by atoms with van der Waals surface area (Å²) in [5.74, 6) is 0.741. The van der Waals surface area contributed by atoms with Gasteiger partial charge in [0.2, 0.25) is 0 Å². The van der Waals surface area contributed by atoms with Gasteiger partial charge in [0, 0.05) is 6.04 Å². The van der Waals surface area contributed by atoms with Crippen LogP contribution in [0.5, 0.6) is 0 Å². The first-order valence-corrected chi connectivity index (χ1v) is 13.4. The van der Waals surface area contributed by atoms with Crippen molar-refractivity contribution in [2.45, 2.75) is 136 Å². The lowest BCUT2D eigenvalue weighted by atomic mass is 9.82. The summed E-state index contributed by atoms with van der Waals surface area (Å²) in [5.41, 5.74) is -1.39. The van der Waals surface area contributed by atoms with Gasteiger partial charge in [-0.05, 0) is 80.3 Å². The molecule has 204 valence electrons. The minimum absolute atomic E-state index is 0.109. The maximum absolute atomic E-state index is 13.4. The first-order valence-electron chi connectivity index (χ1n) is 13.4. The van der Waals surface area contributed by atoms with Crippen molar-refractivity contribution >= 4 is 12.2 Å². The summed E-state index contributed by atoms with van der Waals surface area (Å²) >= 11 is 0. The Balaban J connectivity index is 2.24. The van der Waals surface area contributed by atoms with Crippen LogP contribution in [0.4, 0.5) is 9.59 Å². The van der Waals surface area contributed by atoms with E-state index in [1.807, 2.05) is 65.4 Å². The van der Waals surface area contributed by atoms with Gasteiger partial charge in [0.25, 0.3) is 0 Å². The fourth-order valence-electron chi connectivity index (χ4n) is 5.16. The van der Waals surface area contributed by atoms with E-state index in [1.165, 1.54) is 32.1 Å². The first kappa shape index (κ1) is 29.7. The van der Waals surface area contributed by atoms with Gasteiger partial charge in [-0.2, -0.15) is 0 Å². The second-order valence-corrected chi connectivity index (χ2v) is 12.5. The molecule has 1 saturated heterocycles. The van der Waals surface area contributed by atoms with Crippen molar-refractivity contribution in [3.8, 4) is 0 Å². The zero-order valence-corrected chi connectivity index (χ0v) is 23.8. The Bertz CT molecular complexity index is 697. The number of ether oxygens (including phenoxy) is 3. The number of carbonyl (C=O) groups is 2. The van der Waals surface area contributed by atoms with E-state index in [0.29, 0.717) is 12.3 Å². The quantitative estimate of drug-likeness (QED) is 0.430. The smallest absolute Gasteiger partial charge is 0.412 e. The highest BCUT2D eigenvalue weighted by molar-refractivity contribution is 5.70. The molecular formula is C27H51N3O5. The average molecular weight is 498 g/mol. The third-order valence-corrected chi connectivity index (χ3v) is 7.27. The minimum Gasteiger partial charge on any atom is -0.444 e. The molecule has 2 fully saturated rings. The van der Waals surface area contributed by atoms with Gasteiger partial charge in [0.15, 0.2) is 6.23 Å². The van der Waals surface area contributed by atoms with Crippen LogP contribution in [-0.2, 0) is 14.2 Å². The SMILES string of the molecule is CC(C)C(CC1OC(C)(C)N(C(=O)OC(C)(C)C)C1CC1CCCCC1)NC(=O)O[C@@H](C)N(C)C. The molecule has 1 aliphatic carbocycles. The summed E-state index contributed by atoms with van der Waals surface area (Å²) in [6.45, 7) is 15.6. The molecule has 0 bridgehead atoms. The molecule has 0 aromatic carbocycles. The predicted octanol–water partition coefficient (Wildman–Crippen LogP) is 5.75. The third-order valence-electron chi connectivity index (χ3n) is 7.27. The van der Waals surface area contributed by atoms with Crippen molar-refractivity contribution in [1.82, 2.24) is 15.1 Å². The summed E-state index contributed by atoms with van der Waals surface area (Å²) in [6, 6.07) is -0.257. The van der Waals surface area contributed by atoms with E-state index in [0.717, 1.165) is 6.42 Å². The second-order valence-electron chi connectivity index (χ2n) is 12.5. The Morgan fingerprint density at radius 3 is 2.23 bits per heavy atom. The van der Waals surface area contributed by atoms with E-state index >= 15 is 0 Å². The van der Waals surface area contributed by atoms with Crippen LogP contribution in [0.15, 0.2) is 0 Å². The molecule has 4 atom stereocenters. The van der Waals surface area contributed by atoms with E-state index < -0.39 is 17.4 Å². The monoisotopic (exact) mass is 497 g/mol. The van der Waals surface area contributed by atoms with E-state index in [4.69, 9.17) is 14.2 Å². The molecule has 35 heavy (non-hydrogen) atoms. The van der Waals surface area contributed by atoms with Crippen LogP contribution in [-0.4, -0.2) is 71.8 Å². The van der Waals surface area contributed by atoms with E-state index in [1.54, 1.807) is 0 Å². The highest BCUT2D eigenvalue weighted by atomic mass is 16.6. The molecule has 0 radical (unpaired) electrons. The number of carbonyl (C=O) groups excluding carboxylic acids is 2. The molecule has 1 heterocycles. The summed E-state index contributed by atoms with van der Waals surface area (Å²) in [5, 5.41) is 3.06. The first-order chi connectivity index (χ1) is 16.1. The number of amides is 2. The Morgan fingerprint density at radius 1 is 1.11 bits per heavy atom. The van der Waals surface area contributed by atoms with Gasteiger partial charge >= 0.3 is 12.2 Å². The summed E-state index contributed by atoms with van der Waals surface area (Å²) in [6.07, 6.45) is 6.33. The van der Waals surface area contributed by atoms with E-state index in [2.05, 4.69) is 19.2 Å². The van der Waals surface area contributed by atoms with Crippen molar-refractivity contribution in [2.75, 3.05) is 14.1 Å². The Labute approximate surface area is 213 Å². The molecule has 1 aliphatic heterocycles. The van der Waals surface area contributed by atoms with Crippen LogP contribution in [0.2, 0.25) is 0 Å². The number of nitrogens with one attached hydrogen (secondary N) is 1. The van der Waals surface area contributed by atoms with Crippen molar-refractivity contribution in [1.29, 1.82) is 0 Å². The number of rotatable bonds is 8. The molecule has 2 rings (SSSR count). The average Bonchev–Trinajstić information content (AvgIpc) is 2.95. The second kappa shape index (κ2) is 12.1. The van der Waals surface area contributed by atoms with Crippen molar-refractivity contribution < 1.29 is 23.8 Å². The lowest BCUT2D eigenvalue weighted by molar-refractivity contribution is -0.0817. The molecule has 1 saturated carbocycles. The molecule has 2 amide bonds. The highest BCUT2D eigenvalue weighted by Gasteiger charge is 2.52. The summed E-state index contributed by atoms with van der Waals surface area (Å²) in [4.78, 5) is 29.7. The normalized spacial score (nSPS) is 25.0. The van der Waals surface area contributed by atoms with Crippen LogP contribution < -0.4 is 5.32 Å². The predicted molar refractivity (Wildman–Crippen MR) is 138 cm³/mol. The fraction of sp³-hybridized carbons (Fsp3) is 0.926. The molecule has 8 nitrogen and oxygen atoms in total. The van der Waals surface area contributed by atoms with Gasteiger partial charge in [0.1, 0.15) is 11.3 Å². The number of alkyl carbamates (subject to hydrolysis) is 1. The van der Waals surface area contributed by atoms with Gasteiger partial charge in [-0.15, -0.1) is 0 Å².